The number of nitrogens with zero attached hydrogens (tertiary/aromatic N) is 8. The van der Waals surface area contributed by atoms with Crippen LogP contribution >= 0.6 is 11.5 Å². The summed E-state index contributed by atoms with van der Waals surface area (Å²) in [6.07, 6.45) is 1.62. The molecule has 0 aliphatic carbocycles. The molecule has 4 rings (SSSR count). The van der Waals surface area contributed by atoms with E-state index in [0.29, 0.717) is 6.04 Å². The number of likely N-dealkylation sites (N-methyl/N-ethyl adjacent to an activating group) is 1. The first-order valence-electron chi connectivity index (χ1n) is 6.66. The maximum absolute atomic E-state index is 4.50. The Kier molecular flexibility index (Phi) is 2.74. The molecule has 0 aromatic carbocycles. The van der Waals surface area contributed by atoms with Gasteiger partial charge in [-0.25, -0.2) is 4.98 Å². The number of rotatable bonds is 3. The summed E-state index contributed by atoms with van der Waals surface area (Å²) in [4.78, 5) is 8.85. The number of aromatic nitrogens is 6. The van der Waals surface area contributed by atoms with Crippen LogP contribution in [0.5, 0.6) is 0 Å². The van der Waals surface area contributed by atoms with Crippen molar-refractivity contribution in [2.24, 2.45) is 0 Å². The Hall–Kier alpha value is -2.29. The van der Waals surface area contributed by atoms with E-state index in [1.54, 1.807) is 10.8 Å². The largest absolute Gasteiger partial charge is 0.351 e. The highest BCUT2D eigenvalue weighted by atomic mass is 32.1. The van der Waals surface area contributed by atoms with E-state index in [0.717, 1.165) is 35.5 Å². The van der Waals surface area contributed by atoms with Gasteiger partial charge in [0.2, 0.25) is 5.13 Å². The van der Waals surface area contributed by atoms with Gasteiger partial charge in [0.05, 0.1) is 6.04 Å². The van der Waals surface area contributed by atoms with Crippen LogP contribution in [0.1, 0.15) is 5.82 Å². The minimum atomic E-state index is 0.441. The van der Waals surface area contributed by atoms with Crippen molar-refractivity contribution in [3.8, 4) is 0 Å². The molecule has 3 aromatic heterocycles. The van der Waals surface area contributed by atoms with Gasteiger partial charge >= 0.3 is 0 Å². The van der Waals surface area contributed by atoms with Crippen molar-refractivity contribution in [1.82, 2.24) is 29.2 Å². The predicted octanol–water partition coefficient (Wildman–Crippen LogP) is 0.609. The van der Waals surface area contributed by atoms with Gasteiger partial charge in [-0.2, -0.15) is 8.89 Å². The molecule has 1 aliphatic rings. The van der Waals surface area contributed by atoms with Gasteiger partial charge in [0.15, 0.2) is 5.65 Å². The lowest BCUT2D eigenvalue weighted by Gasteiger charge is -2.44. The molecular weight excluding hydrogens is 288 g/mol. The fourth-order valence-corrected chi connectivity index (χ4v) is 3.07. The van der Waals surface area contributed by atoms with Crippen LogP contribution in [0.25, 0.3) is 5.65 Å². The Labute approximate surface area is 125 Å². The molecule has 0 N–H and O–H groups in total. The van der Waals surface area contributed by atoms with Crippen molar-refractivity contribution in [3.63, 3.8) is 0 Å². The third kappa shape index (κ3) is 2.09. The molecular formula is C12H14N8S. The summed E-state index contributed by atoms with van der Waals surface area (Å²) in [6, 6.07) is 4.35. The van der Waals surface area contributed by atoms with Crippen LogP contribution in [-0.4, -0.2) is 55.3 Å². The van der Waals surface area contributed by atoms with Crippen molar-refractivity contribution in [1.29, 1.82) is 0 Å². The Morgan fingerprint density at radius 3 is 2.95 bits per heavy atom. The predicted molar refractivity (Wildman–Crippen MR) is 79.8 cm³/mol. The van der Waals surface area contributed by atoms with Crippen LogP contribution in [0.2, 0.25) is 0 Å². The van der Waals surface area contributed by atoms with Crippen molar-refractivity contribution in [2.45, 2.75) is 13.0 Å². The second-order valence-corrected chi connectivity index (χ2v) is 5.85. The lowest BCUT2D eigenvalue weighted by atomic mass is 10.1. The van der Waals surface area contributed by atoms with Gasteiger partial charge < -0.3 is 9.80 Å². The molecule has 9 heteroatoms. The lowest BCUT2D eigenvalue weighted by Crippen LogP contribution is -2.59. The average Bonchev–Trinajstić information content (AvgIpc) is 3.04. The molecule has 0 spiro atoms. The normalized spacial score (nSPS) is 15.4. The summed E-state index contributed by atoms with van der Waals surface area (Å²) in [5.74, 6) is 1.78. The second kappa shape index (κ2) is 4.62. The molecule has 0 bridgehead atoms. The molecule has 4 heterocycles. The molecule has 108 valence electrons. The van der Waals surface area contributed by atoms with Gasteiger partial charge in [0, 0.05) is 31.7 Å². The Balaban J connectivity index is 1.46. The van der Waals surface area contributed by atoms with Crippen molar-refractivity contribution in [2.75, 3.05) is 29.9 Å². The van der Waals surface area contributed by atoms with Crippen LogP contribution in [0.4, 0.5) is 10.9 Å². The van der Waals surface area contributed by atoms with Gasteiger partial charge in [-0.1, -0.05) is 0 Å². The van der Waals surface area contributed by atoms with Crippen LogP contribution in [0.15, 0.2) is 18.5 Å². The SMILES string of the molecule is Cc1nsc(N(C)C2CN(c3ccc4nncn4n3)C2)n1. The summed E-state index contributed by atoms with van der Waals surface area (Å²) in [5, 5.41) is 13.3. The third-order valence-electron chi connectivity index (χ3n) is 3.70. The first kappa shape index (κ1) is 12.5. The summed E-state index contributed by atoms with van der Waals surface area (Å²) in [5.41, 5.74) is 0.761. The van der Waals surface area contributed by atoms with E-state index in [9.17, 15) is 0 Å². The number of anilines is 2. The van der Waals surface area contributed by atoms with Gasteiger partial charge in [0.1, 0.15) is 18.0 Å². The molecule has 1 saturated heterocycles. The van der Waals surface area contributed by atoms with Crippen molar-refractivity contribution < 1.29 is 0 Å². The number of aryl methyl sites for hydroxylation is 1. The Morgan fingerprint density at radius 2 is 2.19 bits per heavy atom. The third-order valence-corrected chi connectivity index (χ3v) is 4.60. The molecule has 8 nitrogen and oxygen atoms in total. The maximum atomic E-state index is 4.50. The number of hydrogen-bond donors (Lipinski definition) is 0. The zero-order chi connectivity index (χ0) is 14.4. The Morgan fingerprint density at radius 1 is 1.33 bits per heavy atom. The van der Waals surface area contributed by atoms with Crippen molar-refractivity contribution >= 4 is 28.1 Å². The van der Waals surface area contributed by atoms with E-state index in [1.807, 2.05) is 19.1 Å². The summed E-state index contributed by atoms with van der Waals surface area (Å²) >= 11 is 1.45. The maximum Gasteiger partial charge on any atom is 0.205 e. The van der Waals surface area contributed by atoms with E-state index in [1.165, 1.54) is 11.5 Å². The molecule has 1 aliphatic heterocycles. The molecule has 0 unspecified atom stereocenters. The average molecular weight is 302 g/mol. The van der Waals surface area contributed by atoms with Gasteiger partial charge in [0.25, 0.3) is 0 Å². The topological polar surface area (TPSA) is 75.3 Å². The molecule has 0 saturated carbocycles. The fraction of sp³-hybridized carbons (Fsp3) is 0.417. The highest BCUT2D eigenvalue weighted by Gasteiger charge is 2.32. The summed E-state index contributed by atoms with van der Waals surface area (Å²) < 4.78 is 5.92. The zero-order valence-corrected chi connectivity index (χ0v) is 12.5. The van der Waals surface area contributed by atoms with E-state index in [2.05, 4.69) is 41.5 Å². The minimum absolute atomic E-state index is 0.441. The van der Waals surface area contributed by atoms with Crippen LogP contribution in [-0.2, 0) is 0 Å². The minimum Gasteiger partial charge on any atom is -0.351 e. The zero-order valence-electron chi connectivity index (χ0n) is 11.7. The number of fused-ring (bicyclic) bond motifs is 1. The monoisotopic (exact) mass is 302 g/mol. The van der Waals surface area contributed by atoms with Crippen molar-refractivity contribution in [3.05, 3.63) is 24.3 Å². The molecule has 0 radical (unpaired) electrons. The second-order valence-electron chi connectivity index (χ2n) is 5.12. The van der Waals surface area contributed by atoms with Gasteiger partial charge in [-0.3, -0.25) is 0 Å². The molecule has 3 aromatic rings. The molecule has 1 fully saturated rings. The highest BCUT2D eigenvalue weighted by molar-refractivity contribution is 7.09. The Bertz CT molecular complexity index is 774. The van der Waals surface area contributed by atoms with Crippen LogP contribution in [0, 0.1) is 6.92 Å². The molecule has 0 amide bonds. The quantitative estimate of drug-likeness (QED) is 0.701. The summed E-state index contributed by atoms with van der Waals surface area (Å²) in [7, 11) is 2.07. The number of hydrogen-bond acceptors (Lipinski definition) is 8. The first-order valence-corrected chi connectivity index (χ1v) is 7.43. The molecule has 21 heavy (non-hydrogen) atoms. The van der Waals surface area contributed by atoms with Gasteiger partial charge in [-0.05, 0) is 19.1 Å². The fourth-order valence-electron chi connectivity index (χ4n) is 2.36. The van der Waals surface area contributed by atoms with E-state index in [-0.39, 0.29) is 0 Å². The lowest BCUT2D eigenvalue weighted by molar-refractivity contribution is 0.489. The standard InChI is InChI=1S/C12H14N8S/c1-8-14-12(21-17-8)18(2)9-5-19(6-9)11-4-3-10-15-13-7-20(10)16-11/h3-4,7,9H,5-6H2,1-2H3. The molecule has 0 atom stereocenters. The van der Waals surface area contributed by atoms with E-state index < -0.39 is 0 Å². The smallest absolute Gasteiger partial charge is 0.205 e. The van der Waals surface area contributed by atoms with Crippen LogP contribution in [0.3, 0.4) is 0 Å². The van der Waals surface area contributed by atoms with Gasteiger partial charge in [-0.15, -0.1) is 15.3 Å². The van der Waals surface area contributed by atoms with Crippen LogP contribution < -0.4 is 9.80 Å². The highest BCUT2D eigenvalue weighted by Crippen LogP contribution is 2.25. The summed E-state index contributed by atoms with van der Waals surface area (Å²) in [6.45, 7) is 3.77. The van der Waals surface area contributed by atoms with E-state index >= 15 is 0 Å². The van der Waals surface area contributed by atoms with E-state index in [4.69, 9.17) is 0 Å². The first-order chi connectivity index (χ1) is 10.2.